The third-order valence-corrected chi connectivity index (χ3v) is 6.42. The first-order chi connectivity index (χ1) is 13.9. The summed E-state index contributed by atoms with van der Waals surface area (Å²) in [7, 11) is -2.23. The molecule has 0 saturated carbocycles. The number of anilines is 1. The Morgan fingerprint density at radius 2 is 1.69 bits per heavy atom. The zero-order chi connectivity index (χ0) is 20.9. The van der Waals surface area contributed by atoms with E-state index in [1.54, 1.807) is 24.3 Å². The number of amides is 1. The number of ether oxygens (including phenoxy) is 2. The molecule has 154 valence electrons. The molecular weight excluding hydrogens is 396 g/mol. The first-order valence-corrected chi connectivity index (χ1v) is 10.6. The quantitative estimate of drug-likeness (QED) is 0.692. The van der Waals surface area contributed by atoms with Crippen LogP contribution in [0.1, 0.15) is 23.2 Å². The van der Waals surface area contributed by atoms with Gasteiger partial charge in [0.2, 0.25) is 10.0 Å². The molecule has 0 aliphatic carbocycles. The molecule has 0 unspecified atom stereocenters. The average Bonchev–Trinajstić information content (AvgIpc) is 3.28. The summed E-state index contributed by atoms with van der Waals surface area (Å²) in [5, 5.41) is 2.60. The fraction of sp³-hybridized carbons (Fsp3) is 0.300. The van der Waals surface area contributed by atoms with Crippen molar-refractivity contribution in [3.63, 3.8) is 0 Å². The molecule has 1 amide bonds. The number of carbonyl (C=O) groups is 2. The highest BCUT2D eigenvalue weighted by atomic mass is 32.2. The molecule has 9 heteroatoms. The molecule has 0 aromatic heterocycles. The Kier molecular flexibility index (Phi) is 6.50. The molecule has 1 heterocycles. The number of rotatable bonds is 7. The molecule has 1 fully saturated rings. The van der Waals surface area contributed by atoms with Crippen molar-refractivity contribution in [2.24, 2.45) is 0 Å². The van der Waals surface area contributed by atoms with E-state index in [2.05, 4.69) is 10.1 Å². The van der Waals surface area contributed by atoms with Crippen LogP contribution in [0.3, 0.4) is 0 Å². The zero-order valence-electron chi connectivity index (χ0n) is 16.0. The Bertz CT molecular complexity index is 982. The molecular formula is C20H22N2O6S. The fourth-order valence-electron chi connectivity index (χ4n) is 3.00. The van der Waals surface area contributed by atoms with Gasteiger partial charge in [0.15, 0.2) is 6.61 Å². The van der Waals surface area contributed by atoms with Crippen LogP contribution in [0.15, 0.2) is 53.4 Å². The second kappa shape index (κ2) is 9.06. The Balaban J connectivity index is 1.59. The van der Waals surface area contributed by atoms with Gasteiger partial charge in [-0.3, -0.25) is 4.79 Å². The third kappa shape index (κ3) is 4.93. The van der Waals surface area contributed by atoms with Crippen LogP contribution in [0.25, 0.3) is 0 Å². The van der Waals surface area contributed by atoms with Gasteiger partial charge in [-0.1, -0.05) is 12.1 Å². The molecule has 8 nitrogen and oxygen atoms in total. The molecule has 2 aromatic carbocycles. The molecule has 0 spiro atoms. The molecule has 2 aromatic rings. The number of sulfonamides is 1. The summed E-state index contributed by atoms with van der Waals surface area (Å²) in [5.74, 6) is -0.659. The van der Waals surface area contributed by atoms with Gasteiger partial charge in [0.1, 0.15) is 5.75 Å². The highest BCUT2D eigenvalue weighted by Gasteiger charge is 2.27. The molecule has 1 N–H and O–H groups in total. The fourth-order valence-corrected chi connectivity index (χ4v) is 4.52. The normalized spacial score (nSPS) is 14.4. The van der Waals surface area contributed by atoms with Gasteiger partial charge in [0, 0.05) is 13.1 Å². The smallest absolute Gasteiger partial charge is 0.339 e. The van der Waals surface area contributed by atoms with E-state index >= 15 is 0 Å². The minimum absolute atomic E-state index is 0.197. The number of carbonyl (C=O) groups excluding carboxylic acids is 2. The van der Waals surface area contributed by atoms with Crippen LogP contribution in [0.2, 0.25) is 0 Å². The van der Waals surface area contributed by atoms with Gasteiger partial charge in [-0.25, -0.2) is 13.2 Å². The number of esters is 1. The number of nitrogens with one attached hydrogen (secondary N) is 1. The lowest BCUT2D eigenvalue weighted by atomic mass is 10.2. The number of benzene rings is 2. The van der Waals surface area contributed by atoms with Crippen LogP contribution in [0.4, 0.5) is 5.69 Å². The molecule has 0 bridgehead atoms. The topological polar surface area (TPSA) is 102 Å². The van der Waals surface area contributed by atoms with E-state index < -0.39 is 21.9 Å². The Labute approximate surface area is 169 Å². The van der Waals surface area contributed by atoms with Crippen molar-refractivity contribution in [1.29, 1.82) is 0 Å². The average molecular weight is 418 g/mol. The standard InChI is InChI=1S/C20H22N2O6S/c1-27-20(24)17-6-2-3-7-18(17)21-19(23)14-28-15-8-10-16(11-9-15)29(25,26)22-12-4-5-13-22/h2-3,6-11H,4-5,12-14H2,1H3,(H,21,23). The van der Waals surface area contributed by atoms with Crippen LogP contribution in [-0.2, 0) is 19.6 Å². The van der Waals surface area contributed by atoms with Crippen LogP contribution >= 0.6 is 0 Å². The van der Waals surface area contributed by atoms with Gasteiger partial charge in [0.05, 0.1) is 23.3 Å². The first-order valence-electron chi connectivity index (χ1n) is 9.12. The largest absolute Gasteiger partial charge is 0.484 e. The van der Waals surface area contributed by atoms with Gasteiger partial charge in [-0.05, 0) is 49.2 Å². The highest BCUT2D eigenvalue weighted by molar-refractivity contribution is 7.89. The van der Waals surface area contributed by atoms with Crippen LogP contribution in [0, 0.1) is 0 Å². The van der Waals surface area contributed by atoms with E-state index in [0.717, 1.165) is 12.8 Å². The van der Waals surface area contributed by atoms with Crippen molar-refractivity contribution in [3.8, 4) is 5.75 Å². The summed E-state index contributed by atoms with van der Waals surface area (Å²) < 4.78 is 36.6. The molecule has 0 atom stereocenters. The lowest BCUT2D eigenvalue weighted by Gasteiger charge is -2.15. The van der Waals surface area contributed by atoms with Crippen molar-refractivity contribution in [3.05, 3.63) is 54.1 Å². The van der Waals surface area contributed by atoms with Gasteiger partial charge >= 0.3 is 5.97 Å². The maximum absolute atomic E-state index is 12.5. The number of nitrogens with zero attached hydrogens (tertiary/aromatic N) is 1. The summed E-state index contributed by atoms with van der Waals surface area (Å²) >= 11 is 0. The van der Waals surface area contributed by atoms with Crippen molar-refractivity contribution < 1.29 is 27.5 Å². The third-order valence-electron chi connectivity index (χ3n) is 4.50. The summed E-state index contributed by atoms with van der Waals surface area (Å²) in [5.41, 5.74) is 0.555. The molecule has 3 rings (SSSR count). The Hall–Kier alpha value is -2.91. The van der Waals surface area contributed by atoms with E-state index in [4.69, 9.17) is 4.74 Å². The highest BCUT2D eigenvalue weighted by Crippen LogP contribution is 2.23. The van der Waals surface area contributed by atoms with E-state index in [1.807, 2.05) is 0 Å². The molecule has 0 radical (unpaired) electrons. The van der Waals surface area contributed by atoms with E-state index in [-0.39, 0.29) is 17.1 Å². The van der Waals surface area contributed by atoms with E-state index in [0.29, 0.717) is 24.5 Å². The van der Waals surface area contributed by atoms with Crippen molar-refractivity contribution in [2.45, 2.75) is 17.7 Å². The second-order valence-corrected chi connectivity index (χ2v) is 8.39. The SMILES string of the molecule is COC(=O)c1ccccc1NC(=O)COc1ccc(S(=O)(=O)N2CCCC2)cc1. The molecule has 1 saturated heterocycles. The van der Waals surface area contributed by atoms with Crippen LogP contribution < -0.4 is 10.1 Å². The Morgan fingerprint density at radius 1 is 1.03 bits per heavy atom. The zero-order valence-corrected chi connectivity index (χ0v) is 16.8. The maximum atomic E-state index is 12.5. The van der Waals surface area contributed by atoms with Crippen LogP contribution in [0.5, 0.6) is 5.75 Å². The van der Waals surface area contributed by atoms with E-state index in [1.165, 1.54) is 35.7 Å². The van der Waals surface area contributed by atoms with Gasteiger partial charge in [0.25, 0.3) is 5.91 Å². The van der Waals surface area contributed by atoms with Gasteiger partial charge in [-0.2, -0.15) is 4.31 Å². The summed E-state index contributed by atoms with van der Waals surface area (Å²) in [4.78, 5) is 24.1. The predicted molar refractivity (Wildman–Crippen MR) is 106 cm³/mol. The number of para-hydroxylation sites is 1. The first kappa shape index (κ1) is 20.8. The van der Waals surface area contributed by atoms with Crippen molar-refractivity contribution in [2.75, 3.05) is 32.1 Å². The lowest BCUT2D eigenvalue weighted by molar-refractivity contribution is -0.118. The molecule has 29 heavy (non-hydrogen) atoms. The van der Waals surface area contributed by atoms with E-state index in [9.17, 15) is 18.0 Å². The summed E-state index contributed by atoms with van der Waals surface area (Å²) in [6.45, 7) is 0.773. The number of hydrogen-bond acceptors (Lipinski definition) is 6. The summed E-state index contributed by atoms with van der Waals surface area (Å²) in [6.07, 6.45) is 1.74. The van der Waals surface area contributed by atoms with Gasteiger partial charge in [-0.15, -0.1) is 0 Å². The van der Waals surface area contributed by atoms with Gasteiger partial charge < -0.3 is 14.8 Å². The van der Waals surface area contributed by atoms with Crippen molar-refractivity contribution in [1.82, 2.24) is 4.31 Å². The monoisotopic (exact) mass is 418 g/mol. The minimum atomic E-state index is -3.49. The minimum Gasteiger partial charge on any atom is -0.484 e. The number of methoxy groups -OCH3 is 1. The number of hydrogen-bond donors (Lipinski definition) is 1. The van der Waals surface area contributed by atoms with Crippen LogP contribution in [-0.4, -0.2) is 51.4 Å². The molecule has 1 aliphatic rings. The predicted octanol–water partition coefficient (Wildman–Crippen LogP) is 2.28. The maximum Gasteiger partial charge on any atom is 0.339 e. The molecule has 1 aliphatic heterocycles. The second-order valence-electron chi connectivity index (χ2n) is 6.46. The Morgan fingerprint density at radius 3 is 2.34 bits per heavy atom. The van der Waals surface area contributed by atoms with Crippen molar-refractivity contribution >= 4 is 27.6 Å². The lowest BCUT2D eigenvalue weighted by Crippen LogP contribution is -2.27. The summed E-state index contributed by atoms with van der Waals surface area (Å²) in [6, 6.07) is 12.4.